The van der Waals surface area contributed by atoms with E-state index in [2.05, 4.69) is 10.3 Å². The molecule has 0 unspecified atom stereocenters. The van der Waals surface area contributed by atoms with Crippen LogP contribution < -0.4 is 10.1 Å². The van der Waals surface area contributed by atoms with Gasteiger partial charge in [-0.05, 0) is 72.3 Å². The fourth-order valence-electron chi connectivity index (χ4n) is 2.91. The number of thioether (sulfide) groups is 1. The van der Waals surface area contributed by atoms with Crippen LogP contribution in [0.1, 0.15) is 16.7 Å². The number of rotatable bonds is 6. The number of benzene rings is 3. The Morgan fingerprint density at radius 1 is 1.03 bits per heavy atom. The van der Waals surface area contributed by atoms with E-state index in [0.717, 1.165) is 22.4 Å². The molecule has 1 aliphatic rings. The maximum atomic E-state index is 12.3. The van der Waals surface area contributed by atoms with Crippen molar-refractivity contribution in [3.05, 3.63) is 105 Å². The number of ether oxygens (including phenoxy) is 1. The second kappa shape index (κ2) is 9.49. The summed E-state index contributed by atoms with van der Waals surface area (Å²) in [6.45, 7) is 2.31. The number of nitro groups is 1. The van der Waals surface area contributed by atoms with Gasteiger partial charge in [-0.1, -0.05) is 29.8 Å². The topological polar surface area (TPSA) is 93.8 Å². The molecule has 1 heterocycles. The summed E-state index contributed by atoms with van der Waals surface area (Å²) in [7, 11) is 0. The molecule has 8 heteroatoms. The Morgan fingerprint density at radius 3 is 2.38 bits per heavy atom. The zero-order valence-corrected chi connectivity index (χ0v) is 18.0. The monoisotopic (exact) mass is 445 g/mol. The van der Waals surface area contributed by atoms with Gasteiger partial charge < -0.3 is 10.1 Å². The zero-order chi connectivity index (χ0) is 22.5. The molecule has 1 fully saturated rings. The quantitative estimate of drug-likeness (QED) is 0.313. The Bertz CT molecular complexity index is 1200. The summed E-state index contributed by atoms with van der Waals surface area (Å²) in [5.74, 6) is 0.481. The van der Waals surface area contributed by atoms with Gasteiger partial charge in [0.2, 0.25) is 0 Å². The van der Waals surface area contributed by atoms with Gasteiger partial charge in [-0.25, -0.2) is 4.99 Å². The number of hydrogen-bond acceptors (Lipinski definition) is 6. The first-order valence-corrected chi connectivity index (χ1v) is 10.6. The molecule has 1 saturated heterocycles. The number of carbonyl (C=O) groups excluding carboxylic acids is 1. The number of amidine groups is 1. The van der Waals surface area contributed by atoms with Crippen LogP contribution in [0, 0.1) is 17.0 Å². The smallest absolute Gasteiger partial charge is 0.269 e. The molecule has 0 aliphatic carbocycles. The van der Waals surface area contributed by atoms with Crippen molar-refractivity contribution in [3.8, 4) is 5.75 Å². The van der Waals surface area contributed by atoms with Crippen LogP contribution in [0.4, 0.5) is 11.4 Å². The van der Waals surface area contributed by atoms with E-state index in [1.54, 1.807) is 18.2 Å². The molecular weight excluding hydrogens is 426 g/mol. The highest BCUT2D eigenvalue weighted by Crippen LogP contribution is 2.28. The van der Waals surface area contributed by atoms with Crippen LogP contribution in [0.15, 0.2) is 82.7 Å². The van der Waals surface area contributed by atoms with E-state index in [1.807, 2.05) is 55.5 Å². The first-order valence-electron chi connectivity index (χ1n) is 9.79. The third-order valence-electron chi connectivity index (χ3n) is 4.65. The van der Waals surface area contributed by atoms with Crippen molar-refractivity contribution in [1.29, 1.82) is 0 Å². The van der Waals surface area contributed by atoms with Crippen LogP contribution in [0.5, 0.6) is 5.75 Å². The Morgan fingerprint density at radius 2 is 1.72 bits per heavy atom. The highest BCUT2D eigenvalue weighted by molar-refractivity contribution is 8.18. The lowest BCUT2D eigenvalue weighted by Gasteiger charge is -2.06. The normalized spacial score (nSPS) is 15.7. The molecule has 7 nitrogen and oxygen atoms in total. The Labute approximate surface area is 189 Å². The average molecular weight is 446 g/mol. The maximum absolute atomic E-state index is 12.3. The summed E-state index contributed by atoms with van der Waals surface area (Å²) in [5.41, 5.74) is 3.68. The number of aliphatic imine (C=N–C) groups is 1. The van der Waals surface area contributed by atoms with Crippen molar-refractivity contribution in [2.75, 3.05) is 0 Å². The molecule has 3 aromatic carbocycles. The summed E-state index contributed by atoms with van der Waals surface area (Å²) >= 11 is 1.30. The number of carbonyl (C=O) groups is 1. The molecule has 3 aromatic rings. The van der Waals surface area contributed by atoms with Crippen molar-refractivity contribution in [2.24, 2.45) is 4.99 Å². The summed E-state index contributed by atoms with van der Waals surface area (Å²) < 4.78 is 5.74. The molecule has 0 radical (unpaired) electrons. The van der Waals surface area contributed by atoms with Gasteiger partial charge in [0.1, 0.15) is 12.4 Å². The van der Waals surface area contributed by atoms with Crippen LogP contribution in [-0.2, 0) is 11.4 Å². The molecule has 0 aromatic heterocycles. The van der Waals surface area contributed by atoms with Crippen molar-refractivity contribution >= 4 is 40.3 Å². The summed E-state index contributed by atoms with van der Waals surface area (Å²) in [5, 5.41) is 14.1. The molecular formula is C24H19N3O4S. The van der Waals surface area contributed by atoms with Crippen LogP contribution in [0.3, 0.4) is 0 Å². The minimum absolute atomic E-state index is 0.0482. The largest absolute Gasteiger partial charge is 0.489 e. The molecule has 32 heavy (non-hydrogen) atoms. The average Bonchev–Trinajstić information content (AvgIpc) is 3.13. The fourth-order valence-corrected chi connectivity index (χ4v) is 3.75. The summed E-state index contributed by atoms with van der Waals surface area (Å²) in [6.07, 6.45) is 1.80. The van der Waals surface area contributed by atoms with Gasteiger partial charge in [0.05, 0.1) is 15.5 Å². The predicted molar refractivity (Wildman–Crippen MR) is 126 cm³/mol. The zero-order valence-electron chi connectivity index (χ0n) is 17.1. The lowest BCUT2D eigenvalue weighted by Crippen LogP contribution is -2.19. The molecule has 0 bridgehead atoms. The van der Waals surface area contributed by atoms with E-state index >= 15 is 0 Å². The minimum atomic E-state index is -0.432. The molecule has 0 atom stereocenters. The lowest BCUT2D eigenvalue weighted by molar-refractivity contribution is -0.384. The number of nitrogens with zero attached hydrogens (tertiary/aromatic N) is 2. The SMILES string of the molecule is Cc1ccc(N=C2NC(=O)/C(=C/c3ccc(OCc4ccc([N+](=O)[O-])cc4)cc3)S2)cc1. The van der Waals surface area contributed by atoms with Crippen molar-refractivity contribution < 1.29 is 14.5 Å². The van der Waals surface area contributed by atoms with Crippen LogP contribution in [-0.4, -0.2) is 16.0 Å². The standard InChI is InChI=1S/C24H19N3O4S/c1-16-2-8-19(9-3-16)25-24-26-23(28)22(32-24)14-17-6-12-21(13-7-17)31-15-18-4-10-20(11-5-18)27(29)30/h2-14H,15H2,1H3,(H,25,26,28)/b22-14-. The number of aryl methyl sites for hydroxylation is 1. The van der Waals surface area contributed by atoms with Gasteiger partial charge in [0.15, 0.2) is 5.17 Å². The molecule has 0 spiro atoms. The van der Waals surface area contributed by atoms with E-state index in [1.165, 1.54) is 23.9 Å². The van der Waals surface area contributed by atoms with Gasteiger partial charge in [-0.2, -0.15) is 0 Å². The van der Waals surface area contributed by atoms with Gasteiger partial charge in [0, 0.05) is 12.1 Å². The summed E-state index contributed by atoms with van der Waals surface area (Å²) in [6, 6.07) is 21.4. The van der Waals surface area contributed by atoms with E-state index in [4.69, 9.17) is 4.74 Å². The van der Waals surface area contributed by atoms with Crippen LogP contribution >= 0.6 is 11.8 Å². The molecule has 0 saturated carbocycles. The molecule has 1 N–H and O–H groups in total. The second-order valence-electron chi connectivity index (χ2n) is 7.10. The molecule has 1 amide bonds. The van der Waals surface area contributed by atoms with Gasteiger partial charge >= 0.3 is 0 Å². The Hall–Kier alpha value is -3.91. The van der Waals surface area contributed by atoms with Crippen LogP contribution in [0.25, 0.3) is 6.08 Å². The molecule has 1 aliphatic heterocycles. The fraction of sp³-hybridized carbons (Fsp3) is 0.0833. The molecule has 4 rings (SSSR count). The van der Waals surface area contributed by atoms with E-state index in [9.17, 15) is 14.9 Å². The number of hydrogen-bond donors (Lipinski definition) is 1. The van der Waals surface area contributed by atoms with E-state index in [-0.39, 0.29) is 11.6 Å². The number of nitrogens with one attached hydrogen (secondary N) is 1. The number of nitro benzene ring substituents is 1. The number of amides is 1. The van der Waals surface area contributed by atoms with Crippen molar-refractivity contribution in [3.63, 3.8) is 0 Å². The van der Waals surface area contributed by atoms with E-state index in [0.29, 0.717) is 22.4 Å². The maximum Gasteiger partial charge on any atom is 0.269 e. The van der Waals surface area contributed by atoms with Crippen molar-refractivity contribution in [1.82, 2.24) is 5.32 Å². The van der Waals surface area contributed by atoms with Crippen molar-refractivity contribution in [2.45, 2.75) is 13.5 Å². The highest BCUT2D eigenvalue weighted by atomic mass is 32.2. The third kappa shape index (κ3) is 5.41. The first kappa shape index (κ1) is 21.3. The van der Waals surface area contributed by atoms with Gasteiger partial charge in [-0.3, -0.25) is 14.9 Å². The Balaban J connectivity index is 1.37. The summed E-state index contributed by atoms with van der Waals surface area (Å²) in [4.78, 5) is 27.6. The van der Waals surface area contributed by atoms with Crippen LogP contribution in [0.2, 0.25) is 0 Å². The van der Waals surface area contributed by atoms with Gasteiger partial charge in [-0.15, -0.1) is 0 Å². The Kier molecular flexibility index (Phi) is 6.32. The minimum Gasteiger partial charge on any atom is -0.489 e. The molecule has 160 valence electrons. The van der Waals surface area contributed by atoms with Gasteiger partial charge in [0.25, 0.3) is 11.6 Å². The second-order valence-corrected chi connectivity index (χ2v) is 8.13. The van der Waals surface area contributed by atoms with E-state index < -0.39 is 4.92 Å². The first-order chi connectivity index (χ1) is 15.5. The predicted octanol–water partition coefficient (Wildman–Crippen LogP) is 5.37. The third-order valence-corrected chi connectivity index (χ3v) is 5.56. The highest BCUT2D eigenvalue weighted by Gasteiger charge is 2.23. The number of non-ortho nitro benzene ring substituents is 1. The lowest BCUT2D eigenvalue weighted by atomic mass is 10.2.